The summed E-state index contributed by atoms with van der Waals surface area (Å²) in [6, 6.07) is 11.6. The maximum absolute atomic E-state index is 14.6. The quantitative estimate of drug-likeness (QED) is 0.254. The summed E-state index contributed by atoms with van der Waals surface area (Å²) in [4.78, 5) is 119. The monoisotopic (exact) mass is 890 g/mol. The molecule has 0 aromatic heterocycles. The summed E-state index contributed by atoms with van der Waals surface area (Å²) in [6.45, 7) is 13.9. The van der Waals surface area contributed by atoms with E-state index in [-0.39, 0.29) is 50.0 Å². The van der Waals surface area contributed by atoms with E-state index in [4.69, 9.17) is 18.9 Å². The molecule has 0 radical (unpaired) electrons. The van der Waals surface area contributed by atoms with Crippen LogP contribution in [0.5, 0.6) is 0 Å². The normalized spacial score (nSPS) is 26.8. The lowest BCUT2D eigenvalue weighted by Crippen LogP contribution is -2.52. The Morgan fingerprint density at radius 1 is 0.484 bits per heavy atom. The first-order chi connectivity index (χ1) is 30.1. The predicted octanol–water partition coefficient (Wildman–Crippen LogP) is 5.04. The molecule has 0 N–H and O–H groups in total. The fraction of sp³-hybridized carbons (Fsp3) is 0.583. The Labute approximate surface area is 376 Å². The van der Waals surface area contributed by atoms with Crippen molar-refractivity contribution in [3.63, 3.8) is 0 Å². The number of hydrogen-bond donors (Lipinski definition) is 0. The average Bonchev–Trinajstić information content (AvgIpc) is 3.76. The molecule has 64 heavy (non-hydrogen) atoms. The largest absolute Gasteiger partial charge is 0.451 e. The van der Waals surface area contributed by atoms with Gasteiger partial charge in [-0.1, -0.05) is 102 Å². The number of fused-ring (bicyclic) bond motifs is 1. The molecule has 2 aromatic rings. The topological polar surface area (TPSA) is 186 Å². The Morgan fingerprint density at radius 3 is 1.22 bits per heavy atom. The molecule has 350 valence electrons. The second kappa shape index (κ2) is 22.7. The minimum atomic E-state index is -1.57. The van der Waals surface area contributed by atoms with Gasteiger partial charge in [0, 0.05) is 38.8 Å². The third-order valence-corrected chi connectivity index (χ3v) is 11.6. The summed E-state index contributed by atoms with van der Waals surface area (Å²) in [5, 5.41) is 0. The van der Waals surface area contributed by atoms with Crippen LogP contribution in [-0.2, 0) is 57.3 Å². The average molecular weight is 891 g/mol. The number of nitrogens with zero attached hydrogens (tertiary/aromatic N) is 4. The summed E-state index contributed by atoms with van der Waals surface area (Å²) in [5.41, 5.74) is 0.613. The van der Waals surface area contributed by atoms with E-state index in [2.05, 4.69) is 0 Å². The number of ether oxygens (including phenoxy) is 4. The van der Waals surface area contributed by atoms with E-state index in [1.807, 2.05) is 41.5 Å². The molecule has 0 spiro atoms. The molecule has 16 nitrogen and oxygen atoms in total. The number of hydrogen-bond acceptors (Lipinski definition) is 12. The molecule has 2 aliphatic heterocycles. The number of rotatable bonds is 8. The molecule has 0 unspecified atom stereocenters. The zero-order valence-corrected chi connectivity index (χ0v) is 39.1. The third kappa shape index (κ3) is 12.7. The van der Waals surface area contributed by atoms with Crippen molar-refractivity contribution in [2.45, 2.75) is 136 Å². The molecule has 0 saturated carbocycles. The Kier molecular flexibility index (Phi) is 18.0. The van der Waals surface area contributed by atoms with Crippen LogP contribution < -0.4 is 0 Å². The van der Waals surface area contributed by atoms with Crippen molar-refractivity contribution in [1.29, 1.82) is 0 Å². The molecule has 0 bridgehead atoms. The minimum absolute atomic E-state index is 0.103. The summed E-state index contributed by atoms with van der Waals surface area (Å²) < 4.78 is 23.6. The molecule has 4 amide bonds. The lowest BCUT2D eigenvalue weighted by molar-refractivity contribution is -0.176. The summed E-state index contributed by atoms with van der Waals surface area (Å²) in [5.74, 6) is -6.98. The minimum Gasteiger partial charge on any atom is -0.451 e. The number of carbonyl (C=O) groups is 8. The van der Waals surface area contributed by atoms with Gasteiger partial charge < -0.3 is 38.5 Å². The van der Waals surface area contributed by atoms with Crippen LogP contribution in [0.1, 0.15) is 111 Å². The van der Waals surface area contributed by atoms with Crippen molar-refractivity contribution in [3.8, 4) is 0 Å². The zero-order chi connectivity index (χ0) is 47.6. The summed E-state index contributed by atoms with van der Waals surface area (Å²) in [6.07, 6.45) is -5.03. The standard InChI is InChI=1S/C48H66N4O12/c1-28(2)25-36-46(58)62-32(8)42(54)50(10)38(27-30(5)6)48(60)64-40(34-21-16-13-17-22-34)44(56)52-24-18-23-35(52)45(57)61-31(7)41(53)49(9)37(26-29(3)4)47(59)63-39(43(55)51(36)11)33-19-14-12-15-20-33/h12-17,19-22,28-32,35-40H,18,23-27H2,1-11H3/t31-,32-,35+,36+,37+,38+,39-,40-/m1/s1. The summed E-state index contributed by atoms with van der Waals surface area (Å²) >= 11 is 0. The van der Waals surface area contributed by atoms with Gasteiger partial charge in [-0.05, 0) is 63.7 Å². The number of likely N-dealkylation sites (N-methyl/N-ethyl adjacent to an activating group) is 3. The highest BCUT2D eigenvalue weighted by Gasteiger charge is 2.44. The Morgan fingerprint density at radius 2 is 0.828 bits per heavy atom. The van der Waals surface area contributed by atoms with Crippen LogP contribution in [0.25, 0.3) is 0 Å². The van der Waals surface area contributed by atoms with Crippen LogP contribution in [0, 0.1) is 17.8 Å². The highest BCUT2D eigenvalue weighted by atomic mass is 16.6. The fourth-order valence-electron chi connectivity index (χ4n) is 8.00. The van der Waals surface area contributed by atoms with Crippen molar-refractivity contribution in [2.24, 2.45) is 17.8 Å². The van der Waals surface area contributed by atoms with Gasteiger partial charge in [0.2, 0.25) is 12.2 Å². The second-order valence-electron chi connectivity index (χ2n) is 18.1. The molecular formula is C48H66N4O12. The van der Waals surface area contributed by atoms with E-state index >= 15 is 0 Å². The van der Waals surface area contributed by atoms with E-state index in [9.17, 15) is 38.4 Å². The maximum Gasteiger partial charge on any atom is 0.329 e. The van der Waals surface area contributed by atoms with Crippen LogP contribution in [0.2, 0.25) is 0 Å². The van der Waals surface area contributed by atoms with Crippen molar-refractivity contribution in [2.75, 3.05) is 27.7 Å². The van der Waals surface area contributed by atoms with Gasteiger partial charge in [0.1, 0.15) is 24.2 Å². The van der Waals surface area contributed by atoms with Crippen molar-refractivity contribution < 1.29 is 57.3 Å². The number of cyclic esters (lactones) is 4. The molecule has 2 aromatic carbocycles. The molecule has 4 rings (SSSR count). The van der Waals surface area contributed by atoms with Gasteiger partial charge >= 0.3 is 23.9 Å². The van der Waals surface area contributed by atoms with Crippen molar-refractivity contribution >= 4 is 47.5 Å². The Hall–Kier alpha value is -5.80. The first-order valence-corrected chi connectivity index (χ1v) is 22.2. The van der Waals surface area contributed by atoms with Crippen molar-refractivity contribution in [3.05, 3.63) is 71.8 Å². The van der Waals surface area contributed by atoms with E-state index in [1.165, 1.54) is 39.9 Å². The van der Waals surface area contributed by atoms with Crippen LogP contribution in [0.3, 0.4) is 0 Å². The number of benzene rings is 2. The van der Waals surface area contributed by atoms with Crippen molar-refractivity contribution in [1.82, 2.24) is 19.6 Å². The van der Waals surface area contributed by atoms with E-state index in [0.717, 1.165) is 14.7 Å². The molecule has 2 heterocycles. The fourth-order valence-corrected chi connectivity index (χ4v) is 8.00. The smallest absolute Gasteiger partial charge is 0.329 e. The molecule has 16 heteroatoms. The van der Waals surface area contributed by atoms with Crippen LogP contribution in [0.15, 0.2) is 60.7 Å². The second-order valence-corrected chi connectivity index (χ2v) is 18.1. The zero-order valence-electron chi connectivity index (χ0n) is 39.1. The molecule has 2 saturated heterocycles. The predicted molar refractivity (Wildman–Crippen MR) is 234 cm³/mol. The van der Waals surface area contributed by atoms with Gasteiger partial charge in [-0.2, -0.15) is 0 Å². The van der Waals surface area contributed by atoms with E-state index in [0.29, 0.717) is 17.5 Å². The molecule has 8 atom stereocenters. The highest BCUT2D eigenvalue weighted by Crippen LogP contribution is 2.30. The number of esters is 4. The lowest BCUT2D eigenvalue weighted by atomic mass is 10.00. The third-order valence-electron chi connectivity index (χ3n) is 11.6. The number of amides is 4. The van der Waals surface area contributed by atoms with Gasteiger partial charge in [-0.3, -0.25) is 19.2 Å². The Balaban J connectivity index is 1.84. The van der Waals surface area contributed by atoms with Crippen LogP contribution >= 0.6 is 0 Å². The van der Waals surface area contributed by atoms with E-state index in [1.54, 1.807) is 60.7 Å². The van der Waals surface area contributed by atoms with Gasteiger partial charge in [0.15, 0.2) is 12.2 Å². The molecule has 2 aliphatic rings. The van der Waals surface area contributed by atoms with Gasteiger partial charge in [-0.15, -0.1) is 0 Å². The van der Waals surface area contributed by atoms with Gasteiger partial charge in [-0.25, -0.2) is 19.2 Å². The Bertz CT molecular complexity index is 1970. The lowest BCUT2D eigenvalue weighted by Gasteiger charge is -2.35. The first kappa shape index (κ1) is 50.8. The first-order valence-electron chi connectivity index (χ1n) is 22.2. The molecule has 2 fully saturated rings. The maximum atomic E-state index is 14.6. The van der Waals surface area contributed by atoms with Gasteiger partial charge in [0.05, 0.1) is 0 Å². The SMILES string of the molecule is CC(C)C[C@H]1C(=O)O[C@H](c2ccccc2)C(=O)N2CCC[C@H]2C(=O)O[C@H](C)C(=O)N(C)[C@@H](CC(C)C)C(=O)O[C@H](c2ccccc2)C(=O)N(C)[C@@H](CC(C)C)C(=O)O[C@H](C)C(=O)N1C. The molecule has 0 aliphatic carbocycles. The summed E-state index contributed by atoms with van der Waals surface area (Å²) in [7, 11) is 4.14. The van der Waals surface area contributed by atoms with Crippen LogP contribution in [0.4, 0.5) is 0 Å². The van der Waals surface area contributed by atoms with Gasteiger partial charge in [0.25, 0.3) is 23.6 Å². The highest BCUT2D eigenvalue weighted by molar-refractivity contribution is 5.95. The van der Waals surface area contributed by atoms with E-state index < -0.39 is 96.1 Å². The van der Waals surface area contributed by atoms with Crippen LogP contribution in [-0.4, -0.2) is 131 Å². The molecular weight excluding hydrogens is 825 g/mol. The number of carbonyl (C=O) groups excluding carboxylic acids is 8.